The molecule has 1 heterocycles. The first-order valence-corrected chi connectivity index (χ1v) is 3.61. The Morgan fingerprint density at radius 1 is 1.18 bits per heavy atom. The Morgan fingerprint density at radius 3 is 2.82 bits per heavy atom. The fraction of sp³-hybridized carbons (Fsp3) is 0. The number of hydrogen-bond donors (Lipinski definition) is 0. The molecule has 0 saturated heterocycles. The van der Waals surface area contributed by atoms with Crippen LogP contribution in [0, 0.1) is 0 Å². The van der Waals surface area contributed by atoms with Gasteiger partial charge in [0, 0.05) is 0 Å². The van der Waals surface area contributed by atoms with Crippen molar-refractivity contribution in [3.63, 3.8) is 0 Å². The number of nitrogens with zero attached hydrogens (tertiary/aromatic N) is 2. The van der Waals surface area contributed by atoms with E-state index in [0.29, 0.717) is 5.69 Å². The van der Waals surface area contributed by atoms with Crippen LogP contribution in [0.15, 0.2) is 6.08 Å². The largest absolute Gasteiger partial charge is 0.285 e. The van der Waals surface area contributed by atoms with Gasteiger partial charge in [0.25, 0.3) is 5.78 Å². The van der Waals surface area contributed by atoms with Crippen LogP contribution in [0.2, 0.25) is 0 Å². The minimum absolute atomic E-state index is 0.183. The summed E-state index contributed by atoms with van der Waals surface area (Å²) in [7, 11) is 0. The van der Waals surface area contributed by atoms with Crippen LogP contribution in [0.5, 0.6) is 0 Å². The van der Waals surface area contributed by atoms with Gasteiger partial charge in [-0.1, -0.05) is 0 Å². The summed E-state index contributed by atoms with van der Waals surface area (Å²) in [6, 6.07) is 0. The lowest BCUT2D eigenvalue weighted by atomic mass is 10.1. The first kappa shape index (κ1) is 6.36. The molecule has 0 aromatic carbocycles. The van der Waals surface area contributed by atoms with E-state index in [4.69, 9.17) is 0 Å². The SMILES string of the molecule is O=C1C=Cc2nsnc2C1=O. The van der Waals surface area contributed by atoms with Crippen molar-refractivity contribution < 1.29 is 9.59 Å². The first-order valence-electron chi connectivity index (χ1n) is 2.88. The Kier molecular flexibility index (Phi) is 1.19. The number of hydrogen-bond acceptors (Lipinski definition) is 5. The standard InChI is InChI=1S/C6H2N2O2S/c9-4-2-1-3-5(6(4)10)8-11-7-3/h1-2H. The van der Waals surface area contributed by atoms with Gasteiger partial charge < -0.3 is 0 Å². The van der Waals surface area contributed by atoms with Crippen molar-refractivity contribution in [1.82, 2.24) is 8.75 Å². The summed E-state index contributed by atoms with van der Waals surface area (Å²) in [5.74, 6) is -1.08. The summed E-state index contributed by atoms with van der Waals surface area (Å²) in [4.78, 5) is 21.7. The number of carbonyl (C=O) groups is 2. The molecule has 0 fully saturated rings. The van der Waals surface area contributed by atoms with Crippen LogP contribution in [0.3, 0.4) is 0 Å². The Labute approximate surface area is 65.9 Å². The second kappa shape index (κ2) is 2.06. The van der Waals surface area contributed by atoms with E-state index in [1.807, 2.05) is 0 Å². The fourth-order valence-corrected chi connectivity index (χ4v) is 1.34. The van der Waals surface area contributed by atoms with Crippen LogP contribution in [0.1, 0.15) is 16.2 Å². The summed E-state index contributed by atoms with van der Waals surface area (Å²) >= 11 is 0.937. The fourth-order valence-electron chi connectivity index (χ4n) is 0.809. The summed E-state index contributed by atoms with van der Waals surface area (Å²) < 4.78 is 7.51. The number of fused-ring (bicyclic) bond motifs is 1. The van der Waals surface area contributed by atoms with Crippen LogP contribution in [-0.2, 0) is 4.79 Å². The van der Waals surface area contributed by atoms with Gasteiger partial charge in [0.15, 0.2) is 5.69 Å². The van der Waals surface area contributed by atoms with Gasteiger partial charge in [0.1, 0.15) is 5.69 Å². The number of ketones is 2. The maximum atomic E-state index is 11.0. The van der Waals surface area contributed by atoms with E-state index >= 15 is 0 Å². The van der Waals surface area contributed by atoms with Crippen LogP contribution in [-0.4, -0.2) is 20.3 Å². The average Bonchev–Trinajstić information content (AvgIpc) is 2.45. The van der Waals surface area contributed by atoms with Gasteiger partial charge in [0.05, 0.1) is 11.7 Å². The zero-order valence-electron chi connectivity index (χ0n) is 5.27. The molecular weight excluding hydrogens is 164 g/mol. The van der Waals surface area contributed by atoms with Crippen molar-refractivity contribution in [2.45, 2.75) is 0 Å². The number of allylic oxidation sites excluding steroid dienone is 1. The number of carbonyl (C=O) groups excluding carboxylic acids is 2. The highest BCUT2D eigenvalue weighted by molar-refractivity contribution is 6.99. The molecule has 1 aromatic heterocycles. The van der Waals surface area contributed by atoms with E-state index in [1.165, 1.54) is 12.2 Å². The van der Waals surface area contributed by atoms with E-state index in [9.17, 15) is 9.59 Å². The van der Waals surface area contributed by atoms with Crippen molar-refractivity contribution >= 4 is 29.4 Å². The molecule has 1 aliphatic rings. The molecule has 11 heavy (non-hydrogen) atoms. The molecule has 1 aliphatic carbocycles. The summed E-state index contributed by atoms with van der Waals surface area (Å²) in [6.45, 7) is 0. The Balaban J connectivity index is 2.66. The Bertz CT molecular complexity index is 366. The minimum Gasteiger partial charge on any atom is -0.285 e. The van der Waals surface area contributed by atoms with Crippen molar-refractivity contribution in [2.75, 3.05) is 0 Å². The van der Waals surface area contributed by atoms with Crippen molar-refractivity contribution in [2.24, 2.45) is 0 Å². The topological polar surface area (TPSA) is 59.9 Å². The van der Waals surface area contributed by atoms with Gasteiger partial charge in [-0.05, 0) is 12.2 Å². The van der Waals surface area contributed by atoms with Crippen LogP contribution in [0.4, 0.5) is 0 Å². The lowest BCUT2D eigenvalue weighted by Gasteiger charge is -1.96. The molecule has 0 saturated carbocycles. The van der Waals surface area contributed by atoms with Crippen LogP contribution < -0.4 is 0 Å². The smallest absolute Gasteiger partial charge is 0.254 e. The molecule has 5 heteroatoms. The lowest BCUT2D eigenvalue weighted by molar-refractivity contribution is -0.110. The van der Waals surface area contributed by atoms with E-state index < -0.39 is 11.6 Å². The van der Waals surface area contributed by atoms with E-state index in [-0.39, 0.29) is 5.69 Å². The molecule has 0 aliphatic heterocycles. The molecule has 0 unspecified atom stereocenters. The maximum absolute atomic E-state index is 11.0. The second-order valence-corrected chi connectivity index (χ2v) is 2.55. The third-order valence-electron chi connectivity index (χ3n) is 1.35. The van der Waals surface area contributed by atoms with Crippen LogP contribution >= 0.6 is 11.7 Å². The highest BCUT2D eigenvalue weighted by atomic mass is 32.1. The van der Waals surface area contributed by atoms with Crippen LogP contribution in [0.25, 0.3) is 6.08 Å². The highest BCUT2D eigenvalue weighted by Crippen LogP contribution is 2.13. The third-order valence-corrected chi connectivity index (χ3v) is 1.89. The highest BCUT2D eigenvalue weighted by Gasteiger charge is 2.24. The van der Waals surface area contributed by atoms with Gasteiger partial charge in [0.2, 0.25) is 5.78 Å². The molecule has 0 radical (unpaired) electrons. The third kappa shape index (κ3) is 0.813. The molecular formula is C6H2N2O2S. The molecule has 0 atom stereocenters. The molecule has 0 N–H and O–H groups in total. The number of rotatable bonds is 0. The summed E-state index contributed by atoms with van der Waals surface area (Å²) in [6.07, 6.45) is 2.72. The zero-order chi connectivity index (χ0) is 7.84. The Hall–Kier alpha value is -1.36. The van der Waals surface area contributed by atoms with Crippen molar-refractivity contribution in [3.05, 3.63) is 17.5 Å². The normalized spacial score (nSPS) is 15.3. The molecule has 4 nitrogen and oxygen atoms in total. The maximum Gasteiger partial charge on any atom is 0.254 e. The predicted octanol–water partition coefficient (Wildman–Crippen LogP) is 0.317. The molecule has 1 aromatic rings. The zero-order valence-corrected chi connectivity index (χ0v) is 6.09. The molecule has 0 bridgehead atoms. The molecule has 54 valence electrons. The van der Waals surface area contributed by atoms with Crippen molar-refractivity contribution in [1.29, 1.82) is 0 Å². The van der Waals surface area contributed by atoms with E-state index in [0.717, 1.165) is 11.7 Å². The number of Topliss-reactive ketones (excluding diaryl/α,β-unsaturated/α-hetero) is 1. The average molecular weight is 166 g/mol. The molecule has 2 rings (SSSR count). The van der Waals surface area contributed by atoms with E-state index in [2.05, 4.69) is 8.75 Å². The number of aromatic nitrogens is 2. The van der Waals surface area contributed by atoms with Gasteiger partial charge in [-0.2, -0.15) is 8.75 Å². The van der Waals surface area contributed by atoms with Gasteiger partial charge >= 0.3 is 0 Å². The first-order chi connectivity index (χ1) is 5.29. The lowest BCUT2D eigenvalue weighted by Crippen LogP contribution is -2.15. The van der Waals surface area contributed by atoms with Gasteiger partial charge in [-0.15, -0.1) is 0 Å². The quantitative estimate of drug-likeness (QED) is 0.520. The second-order valence-electron chi connectivity index (χ2n) is 2.02. The van der Waals surface area contributed by atoms with E-state index in [1.54, 1.807) is 0 Å². The Morgan fingerprint density at radius 2 is 2.00 bits per heavy atom. The summed E-state index contributed by atoms with van der Waals surface area (Å²) in [5.41, 5.74) is 0.683. The summed E-state index contributed by atoms with van der Waals surface area (Å²) in [5, 5.41) is 0. The molecule has 0 amide bonds. The molecule has 0 spiro atoms. The van der Waals surface area contributed by atoms with Gasteiger partial charge in [-0.25, -0.2) is 0 Å². The minimum atomic E-state index is -0.559. The monoisotopic (exact) mass is 166 g/mol. The van der Waals surface area contributed by atoms with Crippen molar-refractivity contribution in [3.8, 4) is 0 Å². The van der Waals surface area contributed by atoms with Gasteiger partial charge in [-0.3, -0.25) is 9.59 Å². The predicted molar refractivity (Wildman–Crippen MR) is 38.3 cm³/mol.